The molecule has 0 amide bonds. The Morgan fingerprint density at radius 1 is 1.33 bits per heavy atom. The van der Waals surface area contributed by atoms with Gasteiger partial charge in [-0.3, -0.25) is 4.90 Å². The topological polar surface area (TPSA) is 15.3 Å². The highest BCUT2D eigenvalue weighted by molar-refractivity contribution is 9.10. The highest BCUT2D eigenvalue weighted by atomic mass is 79.9. The third kappa shape index (κ3) is 4.47. The van der Waals surface area contributed by atoms with Gasteiger partial charge in [-0.15, -0.1) is 0 Å². The maximum atomic E-state index is 14.1. The fourth-order valence-corrected chi connectivity index (χ4v) is 3.23. The molecule has 118 valence electrons. The highest BCUT2D eigenvalue weighted by Gasteiger charge is 2.24. The second-order valence-corrected chi connectivity index (χ2v) is 6.50. The molecule has 0 aliphatic carbocycles. The number of piperidine rings is 1. The van der Waals surface area contributed by atoms with E-state index in [-0.39, 0.29) is 5.56 Å². The van der Waals surface area contributed by atoms with E-state index >= 15 is 0 Å². The zero-order valence-electron chi connectivity index (χ0n) is 12.5. The van der Waals surface area contributed by atoms with Gasteiger partial charge in [0.15, 0.2) is 0 Å². The first kappa shape index (κ1) is 16.8. The number of benzene rings is 1. The standard InChI is InChI=1S/C16H23BrF2N2/c1-2-8-20-10-12-5-3-4-9-21(12)11-13-15(18)7-6-14(17)16(13)19/h6-7,12,20H,2-5,8-11H2,1H3. The van der Waals surface area contributed by atoms with E-state index in [1.807, 2.05) is 0 Å². The first-order valence-corrected chi connectivity index (χ1v) is 8.50. The summed E-state index contributed by atoms with van der Waals surface area (Å²) in [6, 6.07) is 3.12. The fourth-order valence-electron chi connectivity index (χ4n) is 2.86. The molecule has 2 nitrogen and oxygen atoms in total. The van der Waals surface area contributed by atoms with Gasteiger partial charge in [0.05, 0.1) is 4.47 Å². The van der Waals surface area contributed by atoms with Crippen molar-refractivity contribution in [3.63, 3.8) is 0 Å². The van der Waals surface area contributed by atoms with Crippen LogP contribution in [0.3, 0.4) is 0 Å². The fraction of sp³-hybridized carbons (Fsp3) is 0.625. The van der Waals surface area contributed by atoms with Gasteiger partial charge in [0.25, 0.3) is 0 Å². The first-order chi connectivity index (χ1) is 10.1. The molecule has 0 aromatic heterocycles. The van der Waals surface area contributed by atoms with E-state index in [1.54, 1.807) is 0 Å². The predicted molar refractivity (Wildman–Crippen MR) is 85.3 cm³/mol. The maximum absolute atomic E-state index is 14.1. The molecule has 2 rings (SSSR count). The van der Waals surface area contributed by atoms with Crippen LogP contribution >= 0.6 is 15.9 Å². The van der Waals surface area contributed by atoms with E-state index in [0.29, 0.717) is 17.1 Å². The van der Waals surface area contributed by atoms with Crippen LogP contribution < -0.4 is 5.32 Å². The molecule has 0 radical (unpaired) electrons. The van der Waals surface area contributed by atoms with Gasteiger partial charge in [0, 0.05) is 24.7 Å². The summed E-state index contributed by atoms with van der Waals surface area (Å²) in [6.07, 6.45) is 4.48. The summed E-state index contributed by atoms with van der Waals surface area (Å²) in [4.78, 5) is 2.21. The predicted octanol–water partition coefficient (Wildman–Crippen LogP) is 4.08. The molecule has 0 bridgehead atoms. The van der Waals surface area contributed by atoms with E-state index in [2.05, 4.69) is 33.1 Å². The van der Waals surface area contributed by atoms with Gasteiger partial charge in [-0.2, -0.15) is 0 Å². The van der Waals surface area contributed by atoms with Gasteiger partial charge in [-0.1, -0.05) is 13.3 Å². The lowest BCUT2D eigenvalue weighted by molar-refractivity contribution is 0.134. The molecule has 1 atom stereocenters. The van der Waals surface area contributed by atoms with E-state index < -0.39 is 11.6 Å². The third-order valence-corrected chi connectivity index (χ3v) is 4.67. The molecule has 21 heavy (non-hydrogen) atoms. The zero-order chi connectivity index (χ0) is 15.2. The molecule has 1 aliphatic rings. The van der Waals surface area contributed by atoms with Crippen molar-refractivity contribution in [2.75, 3.05) is 19.6 Å². The summed E-state index contributed by atoms with van der Waals surface area (Å²) < 4.78 is 28.4. The average molecular weight is 361 g/mol. The molecule has 1 saturated heterocycles. The Kier molecular flexibility index (Phi) is 6.58. The van der Waals surface area contributed by atoms with Crippen LogP contribution in [0.5, 0.6) is 0 Å². The summed E-state index contributed by atoms with van der Waals surface area (Å²) in [5.74, 6) is -0.928. The molecule has 1 unspecified atom stereocenters. The van der Waals surface area contributed by atoms with Crippen molar-refractivity contribution in [1.82, 2.24) is 10.2 Å². The normalized spacial score (nSPS) is 19.9. The summed E-state index contributed by atoms with van der Waals surface area (Å²) >= 11 is 3.14. The lowest BCUT2D eigenvalue weighted by Gasteiger charge is -2.36. The van der Waals surface area contributed by atoms with Crippen LogP contribution in [0.25, 0.3) is 0 Å². The number of halogens is 3. The quantitative estimate of drug-likeness (QED) is 0.607. The second kappa shape index (κ2) is 8.20. The third-order valence-electron chi connectivity index (χ3n) is 4.06. The molecule has 1 aliphatic heterocycles. The van der Waals surface area contributed by atoms with Gasteiger partial charge in [-0.05, 0) is 60.4 Å². The number of hydrogen-bond donors (Lipinski definition) is 1. The minimum absolute atomic E-state index is 0.173. The monoisotopic (exact) mass is 360 g/mol. The Bertz CT molecular complexity index is 468. The smallest absolute Gasteiger partial charge is 0.144 e. The zero-order valence-corrected chi connectivity index (χ0v) is 14.1. The summed E-state index contributed by atoms with van der Waals surface area (Å²) in [5.41, 5.74) is 0.173. The van der Waals surface area contributed by atoms with Gasteiger partial charge in [-0.25, -0.2) is 8.78 Å². The van der Waals surface area contributed by atoms with Crippen LogP contribution in [-0.4, -0.2) is 30.6 Å². The van der Waals surface area contributed by atoms with Crippen molar-refractivity contribution < 1.29 is 8.78 Å². The molecule has 1 aromatic carbocycles. The van der Waals surface area contributed by atoms with E-state index in [4.69, 9.17) is 0 Å². The molecule has 1 aromatic rings. The van der Waals surface area contributed by atoms with Crippen molar-refractivity contribution in [2.45, 2.75) is 45.2 Å². The summed E-state index contributed by atoms with van der Waals surface area (Å²) in [7, 11) is 0. The number of nitrogens with zero attached hydrogens (tertiary/aromatic N) is 1. The molecule has 0 spiro atoms. The average Bonchev–Trinajstić information content (AvgIpc) is 2.49. The van der Waals surface area contributed by atoms with Crippen molar-refractivity contribution in [3.8, 4) is 0 Å². The van der Waals surface area contributed by atoms with Crippen molar-refractivity contribution in [2.24, 2.45) is 0 Å². The van der Waals surface area contributed by atoms with Crippen LogP contribution in [-0.2, 0) is 6.54 Å². The van der Waals surface area contributed by atoms with Gasteiger partial charge < -0.3 is 5.32 Å². The summed E-state index contributed by atoms with van der Waals surface area (Å²) in [5, 5.41) is 3.42. The number of nitrogens with one attached hydrogen (secondary N) is 1. The molecule has 0 saturated carbocycles. The lowest BCUT2D eigenvalue weighted by Crippen LogP contribution is -2.45. The van der Waals surface area contributed by atoms with E-state index in [9.17, 15) is 8.78 Å². The van der Waals surface area contributed by atoms with Crippen LogP contribution in [0.15, 0.2) is 16.6 Å². The minimum atomic E-state index is -0.471. The maximum Gasteiger partial charge on any atom is 0.144 e. The molecular formula is C16H23BrF2N2. The van der Waals surface area contributed by atoms with E-state index in [1.165, 1.54) is 18.6 Å². The number of hydrogen-bond acceptors (Lipinski definition) is 2. The van der Waals surface area contributed by atoms with E-state index in [0.717, 1.165) is 38.9 Å². The Labute approximate surface area is 134 Å². The largest absolute Gasteiger partial charge is 0.315 e. The van der Waals surface area contributed by atoms with Crippen LogP contribution in [0.2, 0.25) is 0 Å². The molecule has 5 heteroatoms. The number of likely N-dealkylation sites (tertiary alicyclic amines) is 1. The minimum Gasteiger partial charge on any atom is -0.315 e. The Morgan fingerprint density at radius 3 is 2.90 bits per heavy atom. The van der Waals surface area contributed by atoms with Gasteiger partial charge >= 0.3 is 0 Å². The second-order valence-electron chi connectivity index (χ2n) is 5.65. The molecule has 1 N–H and O–H groups in total. The van der Waals surface area contributed by atoms with Gasteiger partial charge in [0.2, 0.25) is 0 Å². The Hall–Kier alpha value is -0.520. The highest BCUT2D eigenvalue weighted by Crippen LogP contribution is 2.25. The van der Waals surface area contributed by atoms with Crippen LogP contribution in [0.1, 0.15) is 38.2 Å². The van der Waals surface area contributed by atoms with Crippen LogP contribution in [0, 0.1) is 11.6 Å². The SMILES string of the molecule is CCCNCC1CCCCN1Cc1c(F)ccc(Br)c1F. The number of rotatable bonds is 6. The van der Waals surface area contributed by atoms with Gasteiger partial charge in [0.1, 0.15) is 11.6 Å². The van der Waals surface area contributed by atoms with Crippen molar-refractivity contribution in [3.05, 3.63) is 33.8 Å². The Balaban J connectivity index is 2.07. The van der Waals surface area contributed by atoms with Crippen molar-refractivity contribution >= 4 is 15.9 Å². The molecular weight excluding hydrogens is 338 g/mol. The van der Waals surface area contributed by atoms with Crippen molar-refractivity contribution in [1.29, 1.82) is 0 Å². The summed E-state index contributed by atoms with van der Waals surface area (Å²) in [6.45, 7) is 5.27. The van der Waals surface area contributed by atoms with Crippen LogP contribution in [0.4, 0.5) is 8.78 Å². The molecule has 1 fully saturated rings. The lowest BCUT2D eigenvalue weighted by atomic mass is 10.0. The first-order valence-electron chi connectivity index (χ1n) is 7.70. The Morgan fingerprint density at radius 2 is 2.14 bits per heavy atom. The molecule has 1 heterocycles.